The number of nitrogens with one attached hydrogen (secondary N) is 2. The lowest BCUT2D eigenvalue weighted by Crippen LogP contribution is -2.31. The molecule has 0 unspecified atom stereocenters. The summed E-state index contributed by atoms with van der Waals surface area (Å²) in [5, 5.41) is 8.75. The Balaban J connectivity index is 2.15. The van der Waals surface area contributed by atoms with Gasteiger partial charge < -0.3 is 10.6 Å². The van der Waals surface area contributed by atoms with E-state index in [2.05, 4.69) is 15.6 Å². The number of rotatable bonds is 5. The van der Waals surface area contributed by atoms with E-state index in [1.165, 1.54) is 0 Å². The molecule has 0 aliphatic rings. The van der Waals surface area contributed by atoms with Crippen molar-refractivity contribution in [3.63, 3.8) is 0 Å². The highest BCUT2D eigenvalue weighted by molar-refractivity contribution is 7.13. The molecule has 1 heterocycles. The van der Waals surface area contributed by atoms with E-state index in [0.29, 0.717) is 13.1 Å². The average molecular weight is 275 g/mol. The maximum absolute atomic E-state index is 11.5. The number of benzene rings is 1. The molecule has 0 fully saturated rings. The maximum Gasteiger partial charge on any atom is 0.234 e. The van der Waals surface area contributed by atoms with Gasteiger partial charge in [0.1, 0.15) is 5.01 Å². The van der Waals surface area contributed by atoms with E-state index in [1.807, 2.05) is 36.6 Å². The highest BCUT2D eigenvalue weighted by Crippen LogP contribution is 2.26. The van der Waals surface area contributed by atoms with Crippen molar-refractivity contribution in [2.24, 2.45) is 0 Å². The number of carbonyl (C=O) groups is 1. The highest BCUT2D eigenvalue weighted by Gasteiger charge is 2.08. The molecule has 0 spiro atoms. The number of hydrogen-bond acceptors (Lipinski definition) is 4. The Kier molecular flexibility index (Phi) is 4.65. The highest BCUT2D eigenvalue weighted by atomic mass is 32.1. The second-order valence-corrected chi connectivity index (χ2v) is 5.12. The van der Waals surface area contributed by atoms with Gasteiger partial charge in [0.05, 0.1) is 6.54 Å². The Hall–Kier alpha value is -1.72. The van der Waals surface area contributed by atoms with Crippen LogP contribution in [0, 0.1) is 6.92 Å². The minimum atomic E-state index is -0.00683. The van der Waals surface area contributed by atoms with Crippen LogP contribution in [-0.2, 0) is 11.3 Å². The van der Waals surface area contributed by atoms with E-state index in [0.717, 1.165) is 21.8 Å². The van der Waals surface area contributed by atoms with Crippen LogP contribution in [0.2, 0.25) is 0 Å². The second-order valence-electron chi connectivity index (χ2n) is 4.26. The number of hydrogen-bond donors (Lipinski definition) is 2. The largest absolute Gasteiger partial charge is 0.351 e. The van der Waals surface area contributed by atoms with Gasteiger partial charge in [-0.05, 0) is 19.5 Å². The maximum atomic E-state index is 11.5. The number of aromatic nitrogens is 1. The molecule has 1 amide bonds. The van der Waals surface area contributed by atoms with Crippen molar-refractivity contribution in [1.82, 2.24) is 15.6 Å². The molecule has 0 aliphatic heterocycles. The molecule has 1 aromatic carbocycles. The van der Waals surface area contributed by atoms with Gasteiger partial charge in [-0.15, -0.1) is 11.3 Å². The zero-order valence-electron chi connectivity index (χ0n) is 11.1. The molecule has 0 saturated carbocycles. The van der Waals surface area contributed by atoms with E-state index in [9.17, 15) is 4.79 Å². The van der Waals surface area contributed by atoms with Crippen LogP contribution in [0.3, 0.4) is 0 Å². The van der Waals surface area contributed by atoms with E-state index in [1.54, 1.807) is 18.4 Å². The Morgan fingerprint density at radius 1 is 1.37 bits per heavy atom. The first-order valence-electron chi connectivity index (χ1n) is 6.12. The summed E-state index contributed by atoms with van der Waals surface area (Å²) in [7, 11) is 1.76. The normalized spacial score (nSPS) is 10.4. The predicted octanol–water partition coefficient (Wildman–Crippen LogP) is 1.95. The lowest BCUT2D eigenvalue weighted by atomic mass is 10.1. The molecule has 0 radical (unpaired) electrons. The summed E-state index contributed by atoms with van der Waals surface area (Å²) in [6.45, 7) is 2.84. The fraction of sp³-hybridized carbons (Fsp3) is 0.286. The molecule has 5 heteroatoms. The number of nitrogens with zero attached hydrogens (tertiary/aromatic N) is 1. The molecule has 4 nitrogen and oxygen atoms in total. The number of carbonyl (C=O) groups excluding carboxylic acids is 1. The zero-order chi connectivity index (χ0) is 13.7. The molecule has 19 heavy (non-hydrogen) atoms. The zero-order valence-corrected chi connectivity index (χ0v) is 11.9. The molecule has 0 saturated heterocycles. The van der Waals surface area contributed by atoms with E-state index in [-0.39, 0.29) is 5.91 Å². The summed E-state index contributed by atoms with van der Waals surface area (Å²) in [5.74, 6) is -0.00683. The number of likely N-dealkylation sites (N-methyl/N-ethyl adjacent to an activating group) is 1. The molecule has 100 valence electrons. The van der Waals surface area contributed by atoms with E-state index >= 15 is 0 Å². The Morgan fingerprint density at radius 3 is 2.84 bits per heavy atom. The van der Waals surface area contributed by atoms with Crippen molar-refractivity contribution >= 4 is 17.2 Å². The van der Waals surface area contributed by atoms with E-state index in [4.69, 9.17) is 0 Å². The van der Waals surface area contributed by atoms with Crippen molar-refractivity contribution < 1.29 is 4.79 Å². The standard InChI is InChI=1S/C14H17N3OS/c1-10-9-19-14(17-10)12-6-4-3-5-11(12)7-16-13(18)8-15-2/h3-6,9,15H,7-8H2,1-2H3,(H,16,18). The van der Waals surface area contributed by atoms with Gasteiger partial charge in [0.15, 0.2) is 0 Å². The smallest absolute Gasteiger partial charge is 0.234 e. The van der Waals surface area contributed by atoms with Crippen LogP contribution in [0.4, 0.5) is 0 Å². The third-order valence-corrected chi connectivity index (χ3v) is 3.67. The third-order valence-electron chi connectivity index (χ3n) is 2.68. The third kappa shape index (κ3) is 3.62. The second kappa shape index (κ2) is 6.45. The predicted molar refractivity (Wildman–Crippen MR) is 78.1 cm³/mol. The summed E-state index contributed by atoms with van der Waals surface area (Å²) in [6.07, 6.45) is 0. The summed E-state index contributed by atoms with van der Waals surface area (Å²) in [4.78, 5) is 16.0. The van der Waals surface area contributed by atoms with Crippen molar-refractivity contribution in [3.05, 3.63) is 40.9 Å². The fourth-order valence-corrected chi connectivity index (χ4v) is 2.64. The lowest BCUT2D eigenvalue weighted by Gasteiger charge is -2.08. The quantitative estimate of drug-likeness (QED) is 0.877. The molecular formula is C14H17N3OS. The van der Waals surface area contributed by atoms with Crippen molar-refractivity contribution in [2.45, 2.75) is 13.5 Å². The van der Waals surface area contributed by atoms with Crippen LogP contribution in [0.25, 0.3) is 10.6 Å². The van der Waals surface area contributed by atoms with Crippen LogP contribution in [0.5, 0.6) is 0 Å². The Labute approximate surface area is 116 Å². The lowest BCUT2D eigenvalue weighted by molar-refractivity contribution is -0.120. The molecule has 2 rings (SSSR count). The fourth-order valence-electron chi connectivity index (χ4n) is 1.78. The van der Waals surface area contributed by atoms with Crippen molar-refractivity contribution in [1.29, 1.82) is 0 Å². The van der Waals surface area contributed by atoms with Gasteiger partial charge in [-0.1, -0.05) is 24.3 Å². The van der Waals surface area contributed by atoms with Gasteiger partial charge in [-0.2, -0.15) is 0 Å². The van der Waals surface area contributed by atoms with Gasteiger partial charge in [0.25, 0.3) is 0 Å². The number of thiazole rings is 1. The molecular weight excluding hydrogens is 258 g/mol. The molecule has 0 bridgehead atoms. The molecule has 0 aliphatic carbocycles. The van der Waals surface area contributed by atoms with Crippen LogP contribution in [-0.4, -0.2) is 24.5 Å². The summed E-state index contributed by atoms with van der Waals surface area (Å²) in [6, 6.07) is 8.03. The molecule has 0 atom stereocenters. The monoisotopic (exact) mass is 275 g/mol. The molecule has 2 N–H and O–H groups in total. The Bertz CT molecular complexity index is 565. The number of amides is 1. The van der Waals surface area contributed by atoms with Crippen molar-refractivity contribution in [2.75, 3.05) is 13.6 Å². The first kappa shape index (κ1) is 13.7. The Morgan fingerprint density at radius 2 is 2.16 bits per heavy atom. The average Bonchev–Trinajstić information content (AvgIpc) is 2.84. The molecule has 1 aromatic heterocycles. The van der Waals surface area contributed by atoms with Crippen LogP contribution >= 0.6 is 11.3 Å². The van der Waals surface area contributed by atoms with Crippen LogP contribution in [0.15, 0.2) is 29.6 Å². The van der Waals surface area contributed by atoms with Gasteiger partial charge >= 0.3 is 0 Å². The summed E-state index contributed by atoms with van der Waals surface area (Å²) in [5.41, 5.74) is 3.20. The molecule has 2 aromatic rings. The topological polar surface area (TPSA) is 54.0 Å². The minimum Gasteiger partial charge on any atom is -0.351 e. The van der Waals surface area contributed by atoms with Gasteiger partial charge in [0.2, 0.25) is 5.91 Å². The summed E-state index contributed by atoms with van der Waals surface area (Å²) >= 11 is 1.63. The first-order chi connectivity index (χ1) is 9.20. The van der Waals surface area contributed by atoms with Gasteiger partial charge in [-0.25, -0.2) is 4.98 Å². The van der Waals surface area contributed by atoms with Crippen molar-refractivity contribution in [3.8, 4) is 10.6 Å². The SMILES string of the molecule is CNCC(=O)NCc1ccccc1-c1nc(C)cs1. The van der Waals surface area contributed by atoms with Crippen LogP contribution < -0.4 is 10.6 Å². The number of aryl methyl sites for hydroxylation is 1. The van der Waals surface area contributed by atoms with Gasteiger partial charge in [0, 0.05) is 23.2 Å². The minimum absolute atomic E-state index is 0.00683. The van der Waals surface area contributed by atoms with Crippen LogP contribution in [0.1, 0.15) is 11.3 Å². The van der Waals surface area contributed by atoms with E-state index < -0.39 is 0 Å². The summed E-state index contributed by atoms with van der Waals surface area (Å²) < 4.78 is 0. The van der Waals surface area contributed by atoms with Gasteiger partial charge in [-0.3, -0.25) is 4.79 Å². The first-order valence-corrected chi connectivity index (χ1v) is 7.00.